The standard InChI is InChI=1S/C17H23N3O4S2/c1-11(2)9-15-16(12(3)4)25-17(19(15)5)18-26(23,24)14-8-6-7-13(10-14)20(21)22/h6-8,10-12H,9H2,1-5H3/b18-17+. The minimum Gasteiger partial charge on any atom is -0.323 e. The minimum atomic E-state index is -4.04. The topological polar surface area (TPSA) is 94.6 Å². The number of hydrogen-bond donors (Lipinski definition) is 0. The number of nitrogens with zero attached hydrogens (tertiary/aromatic N) is 3. The third kappa shape index (κ3) is 4.39. The number of rotatable bonds is 6. The predicted octanol–water partition coefficient (Wildman–Crippen LogP) is 3.61. The van der Waals surface area contributed by atoms with Gasteiger partial charge in [-0.05, 0) is 24.3 Å². The molecule has 0 saturated carbocycles. The van der Waals surface area contributed by atoms with Crippen molar-refractivity contribution in [2.75, 3.05) is 0 Å². The maximum Gasteiger partial charge on any atom is 0.285 e. The molecule has 1 aromatic heterocycles. The van der Waals surface area contributed by atoms with Crippen LogP contribution in [0.5, 0.6) is 0 Å². The fourth-order valence-electron chi connectivity index (χ4n) is 2.57. The van der Waals surface area contributed by atoms with Crippen molar-refractivity contribution < 1.29 is 13.3 Å². The highest BCUT2D eigenvalue weighted by Crippen LogP contribution is 2.25. The number of nitro groups is 1. The third-order valence-corrected chi connectivity index (χ3v) is 6.68. The molecule has 0 atom stereocenters. The smallest absolute Gasteiger partial charge is 0.285 e. The summed E-state index contributed by atoms with van der Waals surface area (Å²) >= 11 is 1.35. The monoisotopic (exact) mass is 397 g/mol. The number of aromatic nitrogens is 1. The maximum absolute atomic E-state index is 12.6. The Morgan fingerprint density at radius 1 is 1.27 bits per heavy atom. The summed E-state index contributed by atoms with van der Waals surface area (Å²) in [5.41, 5.74) is 0.799. The highest BCUT2D eigenvalue weighted by atomic mass is 32.2. The zero-order valence-corrected chi connectivity index (χ0v) is 17.1. The van der Waals surface area contributed by atoms with Gasteiger partial charge in [0.05, 0.1) is 9.82 Å². The lowest BCUT2D eigenvalue weighted by Gasteiger charge is -2.10. The molecule has 2 rings (SSSR count). The average Bonchev–Trinajstić information content (AvgIpc) is 2.83. The van der Waals surface area contributed by atoms with Crippen LogP contribution in [0, 0.1) is 16.0 Å². The summed E-state index contributed by atoms with van der Waals surface area (Å²) in [6.45, 7) is 8.35. The molecule has 0 saturated heterocycles. The highest BCUT2D eigenvalue weighted by molar-refractivity contribution is 7.90. The molecule has 0 bridgehead atoms. The highest BCUT2D eigenvalue weighted by Gasteiger charge is 2.20. The van der Waals surface area contributed by atoms with Crippen molar-refractivity contribution in [1.29, 1.82) is 0 Å². The van der Waals surface area contributed by atoms with E-state index < -0.39 is 14.9 Å². The quantitative estimate of drug-likeness (QED) is 0.549. The molecule has 0 spiro atoms. The van der Waals surface area contributed by atoms with Crippen LogP contribution in [0.4, 0.5) is 5.69 Å². The van der Waals surface area contributed by atoms with Gasteiger partial charge >= 0.3 is 0 Å². The Balaban J connectivity index is 2.61. The molecule has 0 aliphatic heterocycles. The molecule has 0 amide bonds. The van der Waals surface area contributed by atoms with Crippen LogP contribution in [0.2, 0.25) is 0 Å². The molecule has 7 nitrogen and oxygen atoms in total. The van der Waals surface area contributed by atoms with E-state index in [0.29, 0.717) is 10.7 Å². The fraction of sp³-hybridized carbons (Fsp3) is 0.471. The van der Waals surface area contributed by atoms with Gasteiger partial charge in [-0.15, -0.1) is 15.7 Å². The molecule has 0 aliphatic carbocycles. The lowest BCUT2D eigenvalue weighted by molar-refractivity contribution is -0.385. The van der Waals surface area contributed by atoms with E-state index in [-0.39, 0.29) is 16.5 Å². The summed E-state index contributed by atoms with van der Waals surface area (Å²) in [4.78, 5) is 11.6. The summed E-state index contributed by atoms with van der Waals surface area (Å²) in [5.74, 6) is 0.680. The zero-order valence-electron chi connectivity index (χ0n) is 15.5. The van der Waals surface area contributed by atoms with Crippen LogP contribution < -0.4 is 4.80 Å². The summed E-state index contributed by atoms with van der Waals surface area (Å²) < 4.78 is 31.1. The first-order chi connectivity index (χ1) is 12.0. The summed E-state index contributed by atoms with van der Waals surface area (Å²) in [5, 5.41) is 10.9. The first kappa shape index (κ1) is 20.3. The van der Waals surface area contributed by atoms with Gasteiger partial charge in [0.2, 0.25) is 4.80 Å². The predicted molar refractivity (Wildman–Crippen MR) is 102 cm³/mol. The molecule has 0 fully saturated rings. The van der Waals surface area contributed by atoms with Crippen molar-refractivity contribution in [2.24, 2.45) is 17.4 Å². The van der Waals surface area contributed by atoms with Gasteiger partial charge in [-0.3, -0.25) is 10.1 Å². The second kappa shape index (κ2) is 7.71. The Morgan fingerprint density at radius 2 is 1.92 bits per heavy atom. The van der Waals surface area contributed by atoms with E-state index in [1.165, 1.54) is 29.5 Å². The van der Waals surface area contributed by atoms with E-state index in [4.69, 9.17) is 0 Å². The Kier molecular flexibility index (Phi) is 6.02. The van der Waals surface area contributed by atoms with Crippen molar-refractivity contribution in [3.8, 4) is 0 Å². The third-order valence-electron chi connectivity index (χ3n) is 3.83. The Labute approximate surface area is 157 Å². The van der Waals surface area contributed by atoms with Gasteiger partial charge in [-0.25, -0.2) is 0 Å². The van der Waals surface area contributed by atoms with E-state index in [2.05, 4.69) is 32.1 Å². The Bertz CT molecular complexity index is 986. The molecule has 1 heterocycles. The first-order valence-electron chi connectivity index (χ1n) is 8.27. The van der Waals surface area contributed by atoms with Gasteiger partial charge in [0.15, 0.2) is 0 Å². The molecule has 26 heavy (non-hydrogen) atoms. The van der Waals surface area contributed by atoms with Crippen molar-refractivity contribution in [3.05, 3.63) is 49.8 Å². The van der Waals surface area contributed by atoms with Crippen LogP contribution in [0.1, 0.15) is 44.2 Å². The number of hydrogen-bond acceptors (Lipinski definition) is 5. The molecule has 9 heteroatoms. The largest absolute Gasteiger partial charge is 0.323 e. The van der Waals surface area contributed by atoms with Crippen LogP contribution >= 0.6 is 11.3 Å². The van der Waals surface area contributed by atoms with Crippen molar-refractivity contribution in [2.45, 2.75) is 44.9 Å². The van der Waals surface area contributed by atoms with Gasteiger partial charge in [-0.1, -0.05) is 33.8 Å². The lowest BCUT2D eigenvalue weighted by Crippen LogP contribution is -2.17. The first-order valence-corrected chi connectivity index (χ1v) is 10.5. The molecule has 0 aliphatic rings. The molecule has 0 unspecified atom stereocenters. The number of thiazole rings is 1. The van der Waals surface area contributed by atoms with E-state index in [9.17, 15) is 18.5 Å². The number of nitro benzene ring substituents is 1. The number of non-ortho nitro benzene ring substituents is 1. The SMILES string of the molecule is CC(C)Cc1c(C(C)C)s/c(=N/S(=O)(=O)c2cccc([N+](=O)[O-])c2)n1C. The zero-order chi connectivity index (χ0) is 19.6. The molecule has 0 radical (unpaired) electrons. The summed E-state index contributed by atoms with van der Waals surface area (Å²) in [7, 11) is -2.23. The van der Waals surface area contributed by atoms with Gasteiger partial charge < -0.3 is 4.57 Å². The van der Waals surface area contributed by atoms with E-state index >= 15 is 0 Å². The van der Waals surface area contributed by atoms with Gasteiger partial charge in [0.1, 0.15) is 0 Å². The van der Waals surface area contributed by atoms with Gasteiger partial charge in [-0.2, -0.15) is 8.42 Å². The van der Waals surface area contributed by atoms with Crippen molar-refractivity contribution in [1.82, 2.24) is 4.57 Å². The molecule has 1 aromatic carbocycles. The lowest BCUT2D eigenvalue weighted by atomic mass is 10.0. The number of benzene rings is 1. The van der Waals surface area contributed by atoms with Gasteiger partial charge in [0.25, 0.3) is 15.7 Å². The maximum atomic E-state index is 12.6. The van der Waals surface area contributed by atoms with Crippen LogP contribution in [0.3, 0.4) is 0 Å². The molecular formula is C17H23N3O4S2. The molecule has 142 valence electrons. The fourth-order valence-corrected chi connectivity index (χ4v) is 4.99. The summed E-state index contributed by atoms with van der Waals surface area (Å²) in [6.07, 6.45) is 0.826. The second-order valence-corrected chi connectivity index (χ2v) is 9.44. The van der Waals surface area contributed by atoms with Gasteiger partial charge in [0, 0.05) is 29.8 Å². The average molecular weight is 398 g/mol. The van der Waals surface area contributed by atoms with Crippen molar-refractivity contribution >= 4 is 27.0 Å². The van der Waals surface area contributed by atoms with E-state index in [1.807, 2.05) is 11.6 Å². The van der Waals surface area contributed by atoms with E-state index in [1.54, 1.807) is 0 Å². The van der Waals surface area contributed by atoms with Crippen LogP contribution in [-0.4, -0.2) is 17.9 Å². The number of sulfonamides is 1. The summed E-state index contributed by atoms with van der Waals surface area (Å²) in [6, 6.07) is 4.95. The van der Waals surface area contributed by atoms with Crippen LogP contribution in [0.15, 0.2) is 33.6 Å². The normalized spacial score (nSPS) is 13.0. The Morgan fingerprint density at radius 3 is 2.46 bits per heavy atom. The Hall–Kier alpha value is -2.00. The molecular weight excluding hydrogens is 374 g/mol. The van der Waals surface area contributed by atoms with E-state index in [0.717, 1.165) is 23.1 Å². The molecule has 2 aromatic rings. The van der Waals surface area contributed by atoms with Crippen molar-refractivity contribution in [3.63, 3.8) is 0 Å². The minimum absolute atomic E-state index is 0.184. The van der Waals surface area contributed by atoms with Crippen LogP contribution in [0.25, 0.3) is 0 Å². The molecule has 0 N–H and O–H groups in total. The second-order valence-electron chi connectivity index (χ2n) is 6.83. The van der Waals surface area contributed by atoms with Crippen LogP contribution in [-0.2, 0) is 23.5 Å².